The minimum Gasteiger partial charge on any atom is -0.493 e. The average Bonchev–Trinajstić information content (AvgIpc) is 2.80. The molecule has 1 heterocycles. The molecular formula is C14H13ClN2OS. The maximum absolute atomic E-state index is 8.60. The van der Waals surface area contributed by atoms with E-state index < -0.39 is 0 Å². The number of rotatable bonds is 5. The smallest absolute Gasteiger partial charge is 0.122 e. The SMILES string of the molecule is Cc1cc(Cl)ccc1OCCc1ncc(CC#N)s1. The summed E-state index contributed by atoms with van der Waals surface area (Å²) in [5.41, 5.74) is 1.02. The molecular weight excluding hydrogens is 280 g/mol. The van der Waals surface area contributed by atoms with E-state index >= 15 is 0 Å². The van der Waals surface area contributed by atoms with Gasteiger partial charge >= 0.3 is 0 Å². The van der Waals surface area contributed by atoms with E-state index in [0.29, 0.717) is 18.1 Å². The Hall–Kier alpha value is -1.57. The molecule has 0 aliphatic carbocycles. The zero-order valence-electron chi connectivity index (χ0n) is 10.5. The quantitative estimate of drug-likeness (QED) is 0.842. The predicted molar refractivity (Wildman–Crippen MR) is 76.8 cm³/mol. The highest BCUT2D eigenvalue weighted by Gasteiger charge is 2.04. The lowest BCUT2D eigenvalue weighted by Crippen LogP contribution is -2.02. The molecule has 0 aliphatic rings. The molecule has 0 bridgehead atoms. The molecule has 0 amide bonds. The van der Waals surface area contributed by atoms with Gasteiger partial charge in [-0.05, 0) is 30.7 Å². The Morgan fingerprint density at radius 2 is 2.32 bits per heavy atom. The Kier molecular flexibility index (Phi) is 4.78. The lowest BCUT2D eigenvalue weighted by Gasteiger charge is -2.08. The van der Waals surface area contributed by atoms with Crippen LogP contribution in [0.4, 0.5) is 0 Å². The maximum Gasteiger partial charge on any atom is 0.122 e. The van der Waals surface area contributed by atoms with E-state index in [1.807, 2.05) is 25.1 Å². The van der Waals surface area contributed by atoms with Gasteiger partial charge in [0.05, 0.1) is 24.1 Å². The van der Waals surface area contributed by atoms with Gasteiger partial charge in [-0.1, -0.05) is 11.6 Å². The number of nitriles is 1. The molecule has 0 aliphatic heterocycles. The molecule has 1 aromatic carbocycles. The van der Waals surface area contributed by atoms with Crippen LogP contribution in [0.5, 0.6) is 5.75 Å². The first-order chi connectivity index (χ1) is 9.19. The van der Waals surface area contributed by atoms with Gasteiger partial charge in [0, 0.05) is 22.5 Å². The van der Waals surface area contributed by atoms with Gasteiger partial charge in [0.25, 0.3) is 0 Å². The van der Waals surface area contributed by atoms with Crippen LogP contribution in [0, 0.1) is 18.3 Å². The molecule has 2 rings (SSSR count). The molecule has 1 aromatic heterocycles. The second-order valence-electron chi connectivity index (χ2n) is 4.06. The summed E-state index contributed by atoms with van der Waals surface area (Å²) in [6.45, 7) is 2.54. The van der Waals surface area contributed by atoms with E-state index in [2.05, 4.69) is 11.1 Å². The number of hydrogen-bond donors (Lipinski definition) is 0. The number of benzene rings is 1. The van der Waals surface area contributed by atoms with E-state index in [4.69, 9.17) is 21.6 Å². The number of hydrogen-bond acceptors (Lipinski definition) is 4. The van der Waals surface area contributed by atoms with Crippen molar-refractivity contribution >= 4 is 22.9 Å². The lowest BCUT2D eigenvalue weighted by atomic mass is 10.2. The van der Waals surface area contributed by atoms with Gasteiger partial charge in [0.15, 0.2) is 0 Å². The fraction of sp³-hybridized carbons (Fsp3) is 0.286. The van der Waals surface area contributed by atoms with Crippen molar-refractivity contribution in [3.63, 3.8) is 0 Å². The van der Waals surface area contributed by atoms with Gasteiger partial charge < -0.3 is 4.74 Å². The first-order valence-corrected chi connectivity index (χ1v) is 7.08. The van der Waals surface area contributed by atoms with E-state index in [1.54, 1.807) is 17.5 Å². The third-order valence-corrected chi connectivity index (χ3v) is 3.86. The summed E-state index contributed by atoms with van der Waals surface area (Å²) >= 11 is 7.45. The lowest BCUT2D eigenvalue weighted by molar-refractivity contribution is 0.319. The summed E-state index contributed by atoms with van der Waals surface area (Å²) < 4.78 is 5.71. The Morgan fingerprint density at radius 3 is 3.05 bits per heavy atom. The number of nitrogens with zero attached hydrogens (tertiary/aromatic N) is 2. The molecule has 98 valence electrons. The summed E-state index contributed by atoms with van der Waals surface area (Å²) in [7, 11) is 0. The molecule has 0 N–H and O–H groups in total. The Labute approximate surface area is 121 Å². The summed E-state index contributed by atoms with van der Waals surface area (Å²) in [4.78, 5) is 5.27. The molecule has 0 radical (unpaired) electrons. The number of halogens is 1. The molecule has 3 nitrogen and oxygen atoms in total. The fourth-order valence-corrected chi connectivity index (χ4v) is 2.71. The van der Waals surface area contributed by atoms with E-state index in [9.17, 15) is 0 Å². The number of thiazole rings is 1. The van der Waals surface area contributed by atoms with Crippen molar-refractivity contribution in [2.75, 3.05) is 6.61 Å². The van der Waals surface area contributed by atoms with Crippen LogP contribution in [0.1, 0.15) is 15.4 Å². The summed E-state index contributed by atoms with van der Waals surface area (Å²) in [5, 5.41) is 10.3. The van der Waals surface area contributed by atoms with Crippen LogP contribution in [-0.2, 0) is 12.8 Å². The first-order valence-electron chi connectivity index (χ1n) is 5.88. The van der Waals surface area contributed by atoms with Gasteiger partial charge in [-0.25, -0.2) is 4.98 Å². The van der Waals surface area contributed by atoms with Crippen LogP contribution in [0.15, 0.2) is 24.4 Å². The number of aryl methyl sites for hydroxylation is 1. The summed E-state index contributed by atoms with van der Waals surface area (Å²) in [6, 6.07) is 7.69. The third-order valence-electron chi connectivity index (χ3n) is 2.57. The average molecular weight is 293 g/mol. The van der Waals surface area contributed by atoms with Crippen LogP contribution >= 0.6 is 22.9 Å². The Morgan fingerprint density at radius 1 is 1.47 bits per heavy atom. The normalized spacial score (nSPS) is 10.2. The van der Waals surface area contributed by atoms with Gasteiger partial charge in [-0.15, -0.1) is 11.3 Å². The van der Waals surface area contributed by atoms with Crippen LogP contribution < -0.4 is 4.74 Å². The van der Waals surface area contributed by atoms with Crippen molar-refractivity contribution < 1.29 is 4.74 Å². The summed E-state index contributed by atoms with van der Waals surface area (Å²) in [5.74, 6) is 0.846. The second-order valence-corrected chi connectivity index (χ2v) is 5.70. The van der Waals surface area contributed by atoms with Gasteiger partial charge in [-0.2, -0.15) is 5.26 Å². The molecule has 0 saturated heterocycles. The van der Waals surface area contributed by atoms with Crippen molar-refractivity contribution in [2.45, 2.75) is 19.8 Å². The van der Waals surface area contributed by atoms with Crippen molar-refractivity contribution in [1.29, 1.82) is 5.26 Å². The molecule has 0 fully saturated rings. The monoisotopic (exact) mass is 292 g/mol. The highest BCUT2D eigenvalue weighted by Crippen LogP contribution is 2.22. The standard InChI is InChI=1S/C14H13ClN2OS/c1-10-8-11(15)2-3-13(10)18-7-5-14-17-9-12(19-14)4-6-16/h2-3,8-9H,4-5,7H2,1H3. The van der Waals surface area contributed by atoms with E-state index in [0.717, 1.165) is 27.6 Å². The van der Waals surface area contributed by atoms with Crippen molar-refractivity contribution in [3.05, 3.63) is 44.9 Å². The zero-order chi connectivity index (χ0) is 13.7. The van der Waals surface area contributed by atoms with Gasteiger partial charge in [0.2, 0.25) is 0 Å². The second kappa shape index (κ2) is 6.55. The Bertz CT molecular complexity index is 604. The van der Waals surface area contributed by atoms with Crippen LogP contribution in [-0.4, -0.2) is 11.6 Å². The Balaban J connectivity index is 1.87. The minimum absolute atomic E-state index is 0.425. The summed E-state index contributed by atoms with van der Waals surface area (Å²) in [6.07, 6.45) is 2.93. The van der Waals surface area contributed by atoms with Crippen molar-refractivity contribution in [1.82, 2.24) is 4.98 Å². The molecule has 0 unspecified atom stereocenters. The van der Waals surface area contributed by atoms with Crippen LogP contribution in [0.2, 0.25) is 5.02 Å². The molecule has 19 heavy (non-hydrogen) atoms. The molecule has 2 aromatic rings. The molecule has 0 spiro atoms. The first kappa shape index (κ1) is 13.9. The topological polar surface area (TPSA) is 45.9 Å². The predicted octanol–water partition coefficient (Wildman–Crippen LogP) is 3.79. The van der Waals surface area contributed by atoms with E-state index in [1.165, 1.54) is 0 Å². The molecule has 0 atom stereocenters. The number of aromatic nitrogens is 1. The van der Waals surface area contributed by atoms with Crippen molar-refractivity contribution in [3.8, 4) is 11.8 Å². The van der Waals surface area contributed by atoms with Crippen molar-refractivity contribution in [2.24, 2.45) is 0 Å². The van der Waals surface area contributed by atoms with Crippen LogP contribution in [0.3, 0.4) is 0 Å². The largest absolute Gasteiger partial charge is 0.493 e. The third kappa shape index (κ3) is 3.95. The maximum atomic E-state index is 8.60. The van der Waals surface area contributed by atoms with Gasteiger partial charge in [-0.3, -0.25) is 0 Å². The minimum atomic E-state index is 0.425. The van der Waals surface area contributed by atoms with E-state index in [-0.39, 0.29) is 0 Å². The molecule has 0 saturated carbocycles. The van der Waals surface area contributed by atoms with Gasteiger partial charge in [0.1, 0.15) is 5.75 Å². The number of ether oxygens (including phenoxy) is 1. The fourth-order valence-electron chi connectivity index (χ4n) is 1.65. The molecule has 5 heteroatoms. The highest BCUT2D eigenvalue weighted by molar-refractivity contribution is 7.11. The zero-order valence-corrected chi connectivity index (χ0v) is 12.1. The van der Waals surface area contributed by atoms with Crippen LogP contribution in [0.25, 0.3) is 0 Å². The highest BCUT2D eigenvalue weighted by atomic mass is 35.5.